The molecule has 1 amide bonds. The molecule has 0 aromatic carbocycles. The second-order valence-corrected chi connectivity index (χ2v) is 4.28. The van der Waals surface area contributed by atoms with E-state index in [1.54, 1.807) is 5.38 Å². The summed E-state index contributed by atoms with van der Waals surface area (Å²) in [5.41, 5.74) is 5.10. The second kappa shape index (κ2) is 4.59. The number of nitrogens with zero attached hydrogens (tertiary/aromatic N) is 1. The number of hydrogen-bond donors (Lipinski definition) is 2. The first-order chi connectivity index (χ1) is 7.25. The Balaban J connectivity index is 1.94. The maximum Gasteiger partial charge on any atom is 0.277 e. The summed E-state index contributed by atoms with van der Waals surface area (Å²) in [7, 11) is 0. The molecule has 0 saturated carbocycles. The molecular formula is C9H13N3O2S. The van der Waals surface area contributed by atoms with Crippen molar-refractivity contribution in [1.29, 1.82) is 0 Å². The Morgan fingerprint density at radius 2 is 2.33 bits per heavy atom. The molecule has 3 N–H and O–H groups in total. The first kappa shape index (κ1) is 10.4. The van der Waals surface area contributed by atoms with Crippen molar-refractivity contribution >= 4 is 17.2 Å². The maximum absolute atomic E-state index is 10.8. The Bertz CT molecular complexity index is 347. The molecule has 82 valence electrons. The number of nitrogens with one attached hydrogen (secondary N) is 1. The van der Waals surface area contributed by atoms with Gasteiger partial charge in [0, 0.05) is 0 Å². The standard InChI is InChI=1S/C9H13N3O2S/c10-8(13)9-12-7(5-15-9)14-6-1-3-11-4-2-6/h5-6,11H,1-4H2,(H2,10,13). The van der Waals surface area contributed by atoms with Gasteiger partial charge < -0.3 is 15.8 Å². The Morgan fingerprint density at radius 1 is 1.60 bits per heavy atom. The van der Waals surface area contributed by atoms with Crippen LogP contribution in [-0.2, 0) is 0 Å². The monoisotopic (exact) mass is 227 g/mol. The molecule has 0 unspecified atom stereocenters. The van der Waals surface area contributed by atoms with Crippen LogP contribution >= 0.6 is 11.3 Å². The van der Waals surface area contributed by atoms with Gasteiger partial charge in [-0.3, -0.25) is 4.79 Å². The van der Waals surface area contributed by atoms with Crippen molar-refractivity contribution in [2.75, 3.05) is 13.1 Å². The average Bonchev–Trinajstić information content (AvgIpc) is 2.68. The molecule has 1 aromatic rings. The number of rotatable bonds is 3. The highest BCUT2D eigenvalue weighted by Gasteiger charge is 2.16. The molecule has 0 bridgehead atoms. The van der Waals surface area contributed by atoms with E-state index < -0.39 is 5.91 Å². The summed E-state index contributed by atoms with van der Waals surface area (Å²) in [6, 6.07) is 0. The summed E-state index contributed by atoms with van der Waals surface area (Å²) in [4.78, 5) is 14.8. The van der Waals surface area contributed by atoms with E-state index in [0.29, 0.717) is 10.9 Å². The highest BCUT2D eigenvalue weighted by Crippen LogP contribution is 2.19. The quantitative estimate of drug-likeness (QED) is 0.782. The predicted octanol–water partition coefficient (Wildman–Crippen LogP) is 0.373. The lowest BCUT2D eigenvalue weighted by Gasteiger charge is -2.22. The number of carbonyl (C=O) groups is 1. The fourth-order valence-electron chi connectivity index (χ4n) is 1.51. The van der Waals surface area contributed by atoms with Crippen molar-refractivity contribution in [2.24, 2.45) is 5.73 Å². The molecule has 1 aromatic heterocycles. The van der Waals surface area contributed by atoms with E-state index in [9.17, 15) is 4.79 Å². The van der Waals surface area contributed by atoms with Crippen LogP contribution in [-0.4, -0.2) is 30.1 Å². The van der Waals surface area contributed by atoms with Gasteiger partial charge >= 0.3 is 0 Å². The molecule has 1 aliphatic heterocycles. The van der Waals surface area contributed by atoms with Crippen LogP contribution in [0.1, 0.15) is 22.6 Å². The van der Waals surface area contributed by atoms with Crippen LogP contribution in [0.5, 0.6) is 5.88 Å². The molecule has 5 nitrogen and oxygen atoms in total. The minimum absolute atomic E-state index is 0.203. The average molecular weight is 227 g/mol. The summed E-state index contributed by atoms with van der Waals surface area (Å²) < 4.78 is 5.64. The molecule has 0 aliphatic carbocycles. The molecule has 1 aliphatic rings. The number of hydrogen-bond acceptors (Lipinski definition) is 5. The number of thiazole rings is 1. The highest BCUT2D eigenvalue weighted by molar-refractivity contribution is 7.11. The van der Waals surface area contributed by atoms with Crippen LogP contribution in [0.3, 0.4) is 0 Å². The van der Waals surface area contributed by atoms with E-state index >= 15 is 0 Å². The summed E-state index contributed by atoms with van der Waals surface area (Å²) >= 11 is 1.22. The molecule has 6 heteroatoms. The SMILES string of the molecule is NC(=O)c1nc(OC2CCNCC2)cs1. The van der Waals surface area contributed by atoms with Crippen molar-refractivity contribution in [3.8, 4) is 5.88 Å². The van der Waals surface area contributed by atoms with Crippen LogP contribution < -0.4 is 15.8 Å². The molecule has 2 heterocycles. The van der Waals surface area contributed by atoms with Gasteiger partial charge in [0.15, 0.2) is 5.01 Å². The highest BCUT2D eigenvalue weighted by atomic mass is 32.1. The number of piperidine rings is 1. The molecule has 1 fully saturated rings. The lowest BCUT2D eigenvalue weighted by molar-refractivity contribution is 0.0997. The Morgan fingerprint density at radius 3 is 2.93 bits per heavy atom. The Hall–Kier alpha value is -1.14. The molecule has 0 spiro atoms. The van der Waals surface area contributed by atoms with E-state index in [1.165, 1.54) is 11.3 Å². The van der Waals surface area contributed by atoms with Crippen LogP contribution in [0.25, 0.3) is 0 Å². The van der Waals surface area contributed by atoms with Gasteiger partial charge in [0.1, 0.15) is 6.10 Å². The normalized spacial score (nSPS) is 17.6. The van der Waals surface area contributed by atoms with Crippen molar-refractivity contribution in [1.82, 2.24) is 10.3 Å². The summed E-state index contributed by atoms with van der Waals surface area (Å²) in [5, 5.41) is 5.28. The van der Waals surface area contributed by atoms with Gasteiger partial charge in [-0.2, -0.15) is 4.98 Å². The fourth-order valence-corrected chi connectivity index (χ4v) is 2.09. The van der Waals surface area contributed by atoms with Gasteiger partial charge in [-0.25, -0.2) is 0 Å². The number of aromatic nitrogens is 1. The van der Waals surface area contributed by atoms with Gasteiger partial charge in [-0.05, 0) is 25.9 Å². The topological polar surface area (TPSA) is 77.2 Å². The van der Waals surface area contributed by atoms with Gasteiger partial charge in [-0.1, -0.05) is 0 Å². The molecule has 0 radical (unpaired) electrons. The van der Waals surface area contributed by atoms with E-state index in [-0.39, 0.29) is 6.10 Å². The van der Waals surface area contributed by atoms with Crippen molar-refractivity contribution in [3.05, 3.63) is 10.4 Å². The number of carbonyl (C=O) groups excluding carboxylic acids is 1. The summed E-state index contributed by atoms with van der Waals surface area (Å²) in [6.45, 7) is 1.94. The zero-order valence-electron chi connectivity index (χ0n) is 8.23. The Labute approximate surface area is 91.6 Å². The van der Waals surface area contributed by atoms with E-state index in [0.717, 1.165) is 25.9 Å². The smallest absolute Gasteiger partial charge is 0.277 e. The minimum Gasteiger partial charge on any atom is -0.474 e. The zero-order chi connectivity index (χ0) is 10.7. The van der Waals surface area contributed by atoms with Crippen molar-refractivity contribution in [2.45, 2.75) is 18.9 Å². The lowest BCUT2D eigenvalue weighted by Crippen LogP contribution is -2.34. The van der Waals surface area contributed by atoms with Gasteiger partial charge in [0.2, 0.25) is 5.88 Å². The summed E-state index contributed by atoms with van der Waals surface area (Å²) in [5.74, 6) is 0.0147. The molecule has 15 heavy (non-hydrogen) atoms. The molecule has 2 rings (SSSR count). The zero-order valence-corrected chi connectivity index (χ0v) is 9.05. The van der Waals surface area contributed by atoms with Crippen molar-refractivity contribution in [3.63, 3.8) is 0 Å². The number of amides is 1. The van der Waals surface area contributed by atoms with E-state index in [1.807, 2.05) is 0 Å². The molecular weight excluding hydrogens is 214 g/mol. The van der Waals surface area contributed by atoms with Crippen molar-refractivity contribution < 1.29 is 9.53 Å². The van der Waals surface area contributed by atoms with Crippen LogP contribution in [0, 0.1) is 0 Å². The minimum atomic E-state index is -0.500. The third-order valence-electron chi connectivity index (χ3n) is 2.27. The number of ether oxygens (including phenoxy) is 1. The number of primary amides is 1. The first-order valence-electron chi connectivity index (χ1n) is 4.88. The van der Waals surface area contributed by atoms with E-state index in [2.05, 4.69) is 10.3 Å². The second-order valence-electron chi connectivity index (χ2n) is 3.42. The van der Waals surface area contributed by atoms with Gasteiger partial charge in [0.25, 0.3) is 5.91 Å². The first-order valence-corrected chi connectivity index (χ1v) is 5.76. The van der Waals surface area contributed by atoms with Gasteiger partial charge in [0.05, 0.1) is 5.38 Å². The van der Waals surface area contributed by atoms with Crippen LogP contribution in [0.15, 0.2) is 5.38 Å². The third kappa shape index (κ3) is 2.66. The summed E-state index contributed by atoms with van der Waals surface area (Å²) in [6.07, 6.45) is 2.15. The lowest BCUT2D eigenvalue weighted by atomic mass is 10.1. The van der Waals surface area contributed by atoms with Gasteiger partial charge in [-0.15, -0.1) is 11.3 Å². The maximum atomic E-state index is 10.8. The number of nitrogens with two attached hydrogens (primary N) is 1. The van der Waals surface area contributed by atoms with Crippen LogP contribution in [0.2, 0.25) is 0 Å². The largest absolute Gasteiger partial charge is 0.474 e. The predicted molar refractivity (Wildman–Crippen MR) is 57.2 cm³/mol. The third-order valence-corrected chi connectivity index (χ3v) is 3.10. The van der Waals surface area contributed by atoms with E-state index in [4.69, 9.17) is 10.5 Å². The van der Waals surface area contributed by atoms with Crippen LogP contribution in [0.4, 0.5) is 0 Å². The molecule has 1 saturated heterocycles. The molecule has 0 atom stereocenters. The Kier molecular flexibility index (Phi) is 3.17. The fraction of sp³-hybridized carbons (Fsp3) is 0.556.